The number of rotatable bonds is 8. The zero-order valence-corrected chi connectivity index (χ0v) is 23.7. The van der Waals surface area contributed by atoms with Crippen LogP contribution in [-0.2, 0) is 20.9 Å². The van der Waals surface area contributed by atoms with E-state index in [1.807, 2.05) is 66.2 Å². The first-order valence-electron chi connectivity index (χ1n) is 12.6. The van der Waals surface area contributed by atoms with Crippen molar-refractivity contribution in [3.63, 3.8) is 0 Å². The molecule has 2 aliphatic heterocycles. The Hall–Kier alpha value is -3.21. The third kappa shape index (κ3) is 5.34. The van der Waals surface area contributed by atoms with Gasteiger partial charge in [0, 0.05) is 47.3 Å². The molecule has 0 unspecified atom stereocenters. The lowest BCUT2D eigenvalue weighted by Gasteiger charge is -2.16. The van der Waals surface area contributed by atoms with E-state index in [4.69, 9.17) is 21.7 Å². The van der Waals surface area contributed by atoms with Crippen LogP contribution in [0.3, 0.4) is 0 Å². The van der Waals surface area contributed by atoms with E-state index in [0.29, 0.717) is 29.6 Å². The molecule has 8 nitrogen and oxygen atoms in total. The van der Waals surface area contributed by atoms with Gasteiger partial charge in [-0.05, 0) is 80.5 Å². The van der Waals surface area contributed by atoms with E-state index in [9.17, 15) is 9.59 Å². The molecule has 1 atom stereocenters. The lowest BCUT2D eigenvalue weighted by Crippen LogP contribution is -2.34. The van der Waals surface area contributed by atoms with Gasteiger partial charge in [0.2, 0.25) is 5.91 Å². The molecule has 198 valence electrons. The molecule has 3 aromatic rings. The number of benzene rings is 2. The van der Waals surface area contributed by atoms with Crippen molar-refractivity contribution in [3.05, 3.63) is 64.4 Å². The number of thiocarbonyl (C=S) groups is 1. The van der Waals surface area contributed by atoms with Crippen molar-refractivity contribution >= 4 is 67.7 Å². The van der Waals surface area contributed by atoms with Crippen LogP contribution < -0.4 is 15.0 Å². The van der Waals surface area contributed by atoms with E-state index in [0.717, 1.165) is 46.1 Å². The molecule has 0 radical (unpaired) electrons. The fourth-order valence-corrected chi connectivity index (χ4v) is 5.42. The van der Waals surface area contributed by atoms with Crippen molar-refractivity contribution in [2.45, 2.75) is 32.4 Å². The number of aromatic nitrogens is 1. The average molecular weight is 598 g/mol. The molecule has 2 fully saturated rings. The molecule has 38 heavy (non-hydrogen) atoms. The Labute approximate surface area is 235 Å². The standard InChI is InChI=1S/C28H29BrN4O4S/c1-3-36-21-9-7-20(8-10-21)33-27(35)25(31(2)28(33)38)13-18-16-32(24-11-6-19(29)14-23(18)24)17-26(34)30-15-22-5-4-12-37-22/h6-11,13-14,16,22H,3-5,12,15,17H2,1-2H3,(H,30,34)/b25-13-/t22-/m1/s1. The first-order chi connectivity index (χ1) is 18.4. The van der Waals surface area contributed by atoms with Crippen molar-refractivity contribution in [1.29, 1.82) is 0 Å². The Morgan fingerprint density at radius 3 is 2.76 bits per heavy atom. The fraction of sp³-hybridized carbons (Fsp3) is 0.321. The second-order valence-electron chi connectivity index (χ2n) is 9.25. The Balaban J connectivity index is 1.42. The van der Waals surface area contributed by atoms with Gasteiger partial charge in [0.05, 0.1) is 18.4 Å². The molecular weight excluding hydrogens is 568 g/mol. The summed E-state index contributed by atoms with van der Waals surface area (Å²) < 4.78 is 13.9. The molecule has 1 N–H and O–H groups in total. The van der Waals surface area contributed by atoms with Crippen LogP contribution in [0.15, 0.2) is 58.8 Å². The molecule has 0 bridgehead atoms. The van der Waals surface area contributed by atoms with Gasteiger partial charge in [-0.25, -0.2) is 0 Å². The molecule has 3 heterocycles. The van der Waals surface area contributed by atoms with Gasteiger partial charge >= 0.3 is 0 Å². The smallest absolute Gasteiger partial charge is 0.281 e. The number of carbonyl (C=O) groups excluding carboxylic acids is 2. The summed E-state index contributed by atoms with van der Waals surface area (Å²) in [6.07, 6.45) is 5.82. The van der Waals surface area contributed by atoms with Crippen molar-refractivity contribution in [2.24, 2.45) is 0 Å². The third-order valence-electron chi connectivity index (χ3n) is 6.70. The summed E-state index contributed by atoms with van der Waals surface area (Å²) in [5.74, 6) is 0.430. The number of carbonyl (C=O) groups is 2. The number of nitrogens with zero attached hydrogens (tertiary/aromatic N) is 3. The zero-order chi connectivity index (χ0) is 26.8. The molecule has 5 rings (SSSR count). The number of hydrogen-bond acceptors (Lipinski definition) is 5. The van der Waals surface area contributed by atoms with Gasteiger partial charge in [0.15, 0.2) is 5.11 Å². The second-order valence-corrected chi connectivity index (χ2v) is 10.5. The van der Waals surface area contributed by atoms with E-state index in [2.05, 4.69) is 21.2 Å². The van der Waals surface area contributed by atoms with E-state index < -0.39 is 0 Å². The normalized spacial score (nSPS) is 18.7. The van der Waals surface area contributed by atoms with Gasteiger partial charge in [0.25, 0.3) is 5.91 Å². The number of halogens is 1. The van der Waals surface area contributed by atoms with E-state index in [1.54, 1.807) is 11.9 Å². The molecule has 0 saturated carbocycles. The highest BCUT2D eigenvalue weighted by Crippen LogP contribution is 2.32. The molecule has 2 aliphatic rings. The molecule has 1 aromatic heterocycles. The maximum Gasteiger partial charge on any atom is 0.281 e. The summed E-state index contributed by atoms with van der Waals surface area (Å²) in [6.45, 7) is 3.91. The number of likely N-dealkylation sites (N-methyl/N-ethyl adjacent to an activating group) is 1. The van der Waals surface area contributed by atoms with Crippen molar-refractivity contribution < 1.29 is 19.1 Å². The third-order valence-corrected chi connectivity index (χ3v) is 7.65. The van der Waals surface area contributed by atoms with Crippen molar-refractivity contribution in [3.8, 4) is 5.75 Å². The van der Waals surface area contributed by atoms with Gasteiger partial charge in [0.1, 0.15) is 18.0 Å². The summed E-state index contributed by atoms with van der Waals surface area (Å²) in [5.41, 5.74) is 2.84. The van der Waals surface area contributed by atoms with Gasteiger partial charge in [-0.3, -0.25) is 14.5 Å². The molecule has 10 heteroatoms. The number of ether oxygens (including phenoxy) is 2. The van der Waals surface area contributed by atoms with Gasteiger partial charge in [-0.2, -0.15) is 0 Å². The lowest BCUT2D eigenvalue weighted by molar-refractivity contribution is -0.122. The number of fused-ring (bicyclic) bond motifs is 1. The average Bonchev–Trinajstić information content (AvgIpc) is 3.59. The van der Waals surface area contributed by atoms with E-state index >= 15 is 0 Å². The molecular formula is C28H29BrN4O4S. The Bertz CT molecular complexity index is 1410. The predicted octanol–water partition coefficient (Wildman–Crippen LogP) is 4.70. The fourth-order valence-electron chi connectivity index (χ4n) is 4.78. The summed E-state index contributed by atoms with van der Waals surface area (Å²) in [5, 5.41) is 4.30. The first-order valence-corrected chi connectivity index (χ1v) is 13.8. The topological polar surface area (TPSA) is 76.0 Å². The van der Waals surface area contributed by atoms with Gasteiger partial charge in [-0.15, -0.1) is 0 Å². The maximum atomic E-state index is 13.5. The number of nitrogens with one attached hydrogen (secondary N) is 1. The van der Waals surface area contributed by atoms with Crippen LogP contribution in [0.1, 0.15) is 25.3 Å². The predicted molar refractivity (Wildman–Crippen MR) is 155 cm³/mol. The van der Waals surface area contributed by atoms with Gasteiger partial charge in [-0.1, -0.05) is 15.9 Å². The van der Waals surface area contributed by atoms with Crippen LogP contribution in [0.4, 0.5) is 5.69 Å². The van der Waals surface area contributed by atoms with Crippen molar-refractivity contribution in [1.82, 2.24) is 14.8 Å². The van der Waals surface area contributed by atoms with Crippen LogP contribution in [0.25, 0.3) is 17.0 Å². The molecule has 2 amide bonds. The molecule has 2 saturated heterocycles. The minimum atomic E-state index is -0.216. The SMILES string of the molecule is CCOc1ccc(N2C(=O)/C(=C/c3cn(CC(=O)NC[C@H]4CCCO4)c4ccc(Br)cc34)N(C)C2=S)cc1. The summed E-state index contributed by atoms with van der Waals surface area (Å²) in [4.78, 5) is 29.5. The van der Waals surface area contributed by atoms with Crippen LogP contribution in [0.5, 0.6) is 5.75 Å². The van der Waals surface area contributed by atoms with Gasteiger partial charge < -0.3 is 24.3 Å². The highest BCUT2D eigenvalue weighted by Gasteiger charge is 2.37. The lowest BCUT2D eigenvalue weighted by atomic mass is 10.1. The van der Waals surface area contributed by atoms with Crippen molar-refractivity contribution in [2.75, 3.05) is 31.7 Å². The Kier molecular flexibility index (Phi) is 7.83. The summed E-state index contributed by atoms with van der Waals surface area (Å²) >= 11 is 9.19. The number of amides is 2. The monoisotopic (exact) mass is 596 g/mol. The number of anilines is 1. The second kappa shape index (κ2) is 11.3. The molecule has 2 aromatic carbocycles. The Morgan fingerprint density at radius 2 is 2.05 bits per heavy atom. The summed E-state index contributed by atoms with van der Waals surface area (Å²) in [7, 11) is 1.79. The van der Waals surface area contributed by atoms with Crippen LogP contribution >= 0.6 is 28.1 Å². The minimum Gasteiger partial charge on any atom is -0.494 e. The summed E-state index contributed by atoms with van der Waals surface area (Å²) in [6, 6.07) is 13.2. The van der Waals surface area contributed by atoms with Crippen LogP contribution in [0, 0.1) is 0 Å². The number of hydrogen-bond donors (Lipinski definition) is 1. The first kappa shape index (κ1) is 26.4. The molecule has 0 aliphatic carbocycles. The minimum absolute atomic E-state index is 0.0858. The highest BCUT2D eigenvalue weighted by molar-refractivity contribution is 9.10. The van der Waals surface area contributed by atoms with Crippen LogP contribution in [0.2, 0.25) is 0 Å². The largest absolute Gasteiger partial charge is 0.494 e. The zero-order valence-electron chi connectivity index (χ0n) is 21.3. The quantitative estimate of drug-likeness (QED) is 0.300. The Morgan fingerprint density at radius 1 is 1.26 bits per heavy atom. The van der Waals surface area contributed by atoms with E-state index in [-0.39, 0.29) is 24.5 Å². The van der Waals surface area contributed by atoms with Crippen LogP contribution in [-0.4, -0.2) is 59.3 Å². The molecule has 0 spiro atoms. The van der Waals surface area contributed by atoms with E-state index in [1.165, 1.54) is 4.90 Å². The highest BCUT2D eigenvalue weighted by atomic mass is 79.9. The maximum absolute atomic E-state index is 13.5.